The molecule has 0 aliphatic heterocycles. The van der Waals surface area contributed by atoms with Gasteiger partial charge in [0.05, 0.1) is 0 Å². The zero-order chi connectivity index (χ0) is 24.6. The average Bonchev–Trinajstić information content (AvgIpc) is 2.89. The normalized spacial score (nSPS) is 11.5. The SMILES string of the molecule is O=C(c1ccccc1)c1ccccc1N[C@@H](Cc1ccc(OCc2ccc(Cl)cc2)cc1)C(=O)O. The second-order valence-corrected chi connectivity index (χ2v) is 8.48. The van der Waals surface area contributed by atoms with E-state index in [1.165, 1.54) is 0 Å². The van der Waals surface area contributed by atoms with Crippen LogP contribution >= 0.6 is 11.6 Å². The van der Waals surface area contributed by atoms with E-state index < -0.39 is 12.0 Å². The first-order valence-electron chi connectivity index (χ1n) is 11.1. The van der Waals surface area contributed by atoms with Gasteiger partial charge in [-0.05, 0) is 47.5 Å². The van der Waals surface area contributed by atoms with E-state index >= 15 is 0 Å². The Morgan fingerprint density at radius 2 is 1.43 bits per heavy atom. The van der Waals surface area contributed by atoms with Gasteiger partial charge in [0.2, 0.25) is 0 Å². The lowest BCUT2D eigenvalue weighted by Gasteiger charge is -2.18. The number of ether oxygens (including phenoxy) is 1. The molecule has 4 rings (SSSR count). The van der Waals surface area contributed by atoms with E-state index in [0.717, 1.165) is 11.1 Å². The summed E-state index contributed by atoms with van der Waals surface area (Å²) in [5.41, 5.74) is 3.28. The fraction of sp³-hybridized carbons (Fsp3) is 0.103. The summed E-state index contributed by atoms with van der Waals surface area (Å²) >= 11 is 5.91. The Balaban J connectivity index is 1.43. The van der Waals surface area contributed by atoms with Crippen LogP contribution in [0, 0.1) is 0 Å². The Labute approximate surface area is 209 Å². The van der Waals surface area contributed by atoms with E-state index in [1.807, 2.05) is 54.6 Å². The minimum Gasteiger partial charge on any atom is -0.489 e. The van der Waals surface area contributed by atoms with Gasteiger partial charge in [0.15, 0.2) is 5.78 Å². The van der Waals surface area contributed by atoms with Crippen molar-refractivity contribution in [3.05, 3.63) is 130 Å². The molecule has 35 heavy (non-hydrogen) atoms. The van der Waals surface area contributed by atoms with Crippen LogP contribution in [-0.2, 0) is 17.8 Å². The van der Waals surface area contributed by atoms with E-state index in [9.17, 15) is 14.7 Å². The largest absolute Gasteiger partial charge is 0.489 e. The summed E-state index contributed by atoms with van der Waals surface area (Å²) in [6, 6.07) is 29.7. The summed E-state index contributed by atoms with van der Waals surface area (Å²) in [4.78, 5) is 25.0. The number of ketones is 1. The highest BCUT2D eigenvalue weighted by Crippen LogP contribution is 2.22. The van der Waals surface area contributed by atoms with Gasteiger partial charge < -0.3 is 15.2 Å². The molecule has 5 nitrogen and oxygen atoms in total. The van der Waals surface area contributed by atoms with Crippen LogP contribution in [0.1, 0.15) is 27.0 Å². The van der Waals surface area contributed by atoms with Crippen molar-refractivity contribution in [3.63, 3.8) is 0 Å². The molecular weight excluding hydrogens is 462 g/mol. The number of hydrogen-bond donors (Lipinski definition) is 2. The molecule has 2 N–H and O–H groups in total. The molecule has 4 aromatic carbocycles. The van der Waals surface area contributed by atoms with E-state index in [0.29, 0.717) is 34.2 Å². The molecule has 6 heteroatoms. The number of nitrogens with one attached hydrogen (secondary N) is 1. The van der Waals surface area contributed by atoms with Gasteiger partial charge in [0, 0.05) is 28.3 Å². The van der Waals surface area contributed by atoms with Gasteiger partial charge in [-0.1, -0.05) is 78.3 Å². The fourth-order valence-corrected chi connectivity index (χ4v) is 3.77. The predicted molar refractivity (Wildman–Crippen MR) is 137 cm³/mol. The molecule has 0 aliphatic carbocycles. The third-order valence-electron chi connectivity index (χ3n) is 5.52. The van der Waals surface area contributed by atoms with E-state index in [2.05, 4.69) is 5.32 Å². The van der Waals surface area contributed by atoms with Crippen LogP contribution in [0.5, 0.6) is 5.75 Å². The number of carbonyl (C=O) groups excluding carboxylic acids is 1. The molecule has 176 valence electrons. The molecule has 0 amide bonds. The Morgan fingerprint density at radius 3 is 2.11 bits per heavy atom. The van der Waals surface area contributed by atoms with Gasteiger partial charge in [0.1, 0.15) is 18.4 Å². The highest BCUT2D eigenvalue weighted by molar-refractivity contribution is 6.30. The number of hydrogen-bond acceptors (Lipinski definition) is 4. The molecule has 0 aromatic heterocycles. The smallest absolute Gasteiger partial charge is 0.326 e. The second kappa shape index (κ2) is 11.4. The lowest BCUT2D eigenvalue weighted by molar-refractivity contribution is -0.137. The number of benzene rings is 4. The summed E-state index contributed by atoms with van der Waals surface area (Å²) in [6.45, 7) is 0.405. The zero-order valence-corrected chi connectivity index (χ0v) is 19.6. The summed E-state index contributed by atoms with van der Waals surface area (Å²) in [6.07, 6.45) is 0.237. The van der Waals surface area contributed by atoms with Gasteiger partial charge in [-0.25, -0.2) is 4.79 Å². The van der Waals surface area contributed by atoms with Crippen LogP contribution in [-0.4, -0.2) is 22.9 Å². The number of carboxylic acid groups (broad SMARTS) is 1. The third-order valence-corrected chi connectivity index (χ3v) is 5.77. The molecule has 0 saturated heterocycles. The predicted octanol–water partition coefficient (Wildman–Crippen LogP) is 6.26. The van der Waals surface area contributed by atoms with Gasteiger partial charge >= 0.3 is 5.97 Å². The fourth-order valence-electron chi connectivity index (χ4n) is 3.64. The number of rotatable bonds is 10. The summed E-state index contributed by atoms with van der Waals surface area (Å²) in [5.74, 6) is -0.489. The number of carbonyl (C=O) groups is 2. The Hall–Kier alpha value is -4.09. The molecule has 0 spiro atoms. The van der Waals surface area contributed by atoms with Crippen molar-refractivity contribution < 1.29 is 19.4 Å². The maximum atomic E-state index is 13.0. The zero-order valence-electron chi connectivity index (χ0n) is 18.9. The topological polar surface area (TPSA) is 75.6 Å². The van der Waals surface area contributed by atoms with Crippen LogP contribution < -0.4 is 10.1 Å². The highest BCUT2D eigenvalue weighted by atomic mass is 35.5. The molecule has 0 aliphatic rings. The van der Waals surface area contributed by atoms with Crippen molar-refractivity contribution >= 4 is 29.0 Å². The maximum absolute atomic E-state index is 13.0. The Morgan fingerprint density at radius 1 is 0.800 bits per heavy atom. The second-order valence-electron chi connectivity index (χ2n) is 8.04. The van der Waals surface area contributed by atoms with Crippen LogP contribution in [0.4, 0.5) is 5.69 Å². The van der Waals surface area contributed by atoms with Gasteiger partial charge in [-0.2, -0.15) is 0 Å². The highest BCUT2D eigenvalue weighted by Gasteiger charge is 2.21. The molecule has 0 bridgehead atoms. The average molecular weight is 486 g/mol. The number of carboxylic acids is 1. The van der Waals surface area contributed by atoms with E-state index in [1.54, 1.807) is 48.5 Å². The Bertz CT molecular complexity index is 1290. The lowest BCUT2D eigenvalue weighted by atomic mass is 10.00. The summed E-state index contributed by atoms with van der Waals surface area (Å²) < 4.78 is 5.81. The van der Waals surface area contributed by atoms with Crippen molar-refractivity contribution in [3.8, 4) is 5.75 Å². The van der Waals surface area contributed by atoms with Crippen molar-refractivity contribution in [2.24, 2.45) is 0 Å². The van der Waals surface area contributed by atoms with Crippen molar-refractivity contribution in [2.75, 3.05) is 5.32 Å². The molecular formula is C29H24ClNO4. The third kappa shape index (κ3) is 6.49. The van der Waals surface area contributed by atoms with E-state index in [-0.39, 0.29) is 12.2 Å². The van der Waals surface area contributed by atoms with Crippen molar-refractivity contribution in [1.82, 2.24) is 0 Å². The molecule has 0 saturated carbocycles. The van der Waals surface area contributed by atoms with Gasteiger partial charge in [-0.15, -0.1) is 0 Å². The van der Waals surface area contributed by atoms with Gasteiger partial charge in [-0.3, -0.25) is 4.79 Å². The summed E-state index contributed by atoms with van der Waals surface area (Å²) in [7, 11) is 0. The minimum absolute atomic E-state index is 0.167. The number of halogens is 1. The van der Waals surface area contributed by atoms with Gasteiger partial charge in [0.25, 0.3) is 0 Å². The number of para-hydroxylation sites is 1. The monoisotopic (exact) mass is 485 g/mol. The first-order chi connectivity index (χ1) is 17.0. The lowest BCUT2D eigenvalue weighted by Crippen LogP contribution is -2.32. The first-order valence-corrected chi connectivity index (χ1v) is 11.5. The van der Waals surface area contributed by atoms with Crippen molar-refractivity contribution in [1.29, 1.82) is 0 Å². The van der Waals surface area contributed by atoms with Crippen LogP contribution in [0.15, 0.2) is 103 Å². The first kappa shape index (κ1) is 24.0. The molecule has 0 radical (unpaired) electrons. The number of anilines is 1. The van der Waals surface area contributed by atoms with E-state index in [4.69, 9.17) is 16.3 Å². The molecule has 4 aromatic rings. The molecule has 0 heterocycles. The quantitative estimate of drug-likeness (QED) is 0.259. The molecule has 1 atom stereocenters. The summed E-state index contributed by atoms with van der Waals surface area (Å²) in [5, 5.41) is 13.6. The Kier molecular flexibility index (Phi) is 7.81. The minimum atomic E-state index is -1.00. The van der Waals surface area contributed by atoms with Crippen LogP contribution in [0.3, 0.4) is 0 Å². The standard InChI is InChI=1S/C29H24ClNO4/c30-23-14-10-21(11-15-23)19-35-24-16-12-20(13-17-24)18-27(29(33)34)31-26-9-5-4-8-25(26)28(32)22-6-2-1-3-7-22/h1-17,27,31H,18-19H2,(H,33,34)/t27-/m0/s1. The molecule has 0 fully saturated rings. The number of aliphatic carboxylic acids is 1. The van der Waals surface area contributed by atoms with Crippen molar-refractivity contribution in [2.45, 2.75) is 19.1 Å². The molecule has 0 unspecified atom stereocenters. The van der Waals surface area contributed by atoms with Crippen LogP contribution in [0.2, 0.25) is 5.02 Å². The maximum Gasteiger partial charge on any atom is 0.326 e. The van der Waals surface area contributed by atoms with Crippen LogP contribution in [0.25, 0.3) is 0 Å².